The van der Waals surface area contributed by atoms with Gasteiger partial charge in [0.05, 0.1) is 0 Å². The van der Waals surface area contributed by atoms with Gasteiger partial charge in [0.2, 0.25) is 0 Å². The van der Waals surface area contributed by atoms with Gasteiger partial charge in [0.15, 0.2) is 6.10 Å². The Hall–Kier alpha value is -4.71. The van der Waals surface area contributed by atoms with E-state index in [0.29, 0.717) is 19.3 Å². The van der Waals surface area contributed by atoms with Crippen molar-refractivity contribution in [1.29, 1.82) is 0 Å². The van der Waals surface area contributed by atoms with E-state index in [-0.39, 0.29) is 31.1 Å². The molecule has 446 valence electrons. The standard InChI is InChI=1S/C73H118O6/c1-4-7-10-13-16-19-22-25-28-30-31-32-33-34-35-36-37-38-39-40-41-43-45-48-51-54-57-60-63-66-72(75)78-69-70(68-77-71(74)65-62-59-56-53-50-47-44-27-24-21-18-15-12-9-6-3)79-73(76)67-64-61-58-55-52-49-46-42-29-26-23-20-17-14-11-8-5-2/h7,9-10,12,16,18-19,21,25-29,31-32,34-35,37-38,40-41,44-45,48,70H,4-6,8,11,13-15,17,20,22-24,30,33,36,39,42-43,46-47,49-69H2,1-3H3/b10-7-,12-9-,19-16-,21-18-,28-25-,29-26-,32-31-,35-34-,38-37-,41-40-,44-27-,48-45-. The lowest BCUT2D eigenvalue weighted by atomic mass is 10.1. The van der Waals surface area contributed by atoms with E-state index in [1.54, 1.807) is 0 Å². The van der Waals surface area contributed by atoms with E-state index < -0.39 is 6.10 Å². The Labute approximate surface area is 487 Å². The summed E-state index contributed by atoms with van der Waals surface area (Å²) in [5.41, 5.74) is 0. The van der Waals surface area contributed by atoms with Crippen LogP contribution in [0.2, 0.25) is 0 Å². The molecule has 0 radical (unpaired) electrons. The molecule has 0 amide bonds. The summed E-state index contributed by atoms with van der Waals surface area (Å²) in [6.07, 6.45) is 94.2. The summed E-state index contributed by atoms with van der Waals surface area (Å²) in [5.74, 6) is -0.946. The number of rotatable bonds is 57. The van der Waals surface area contributed by atoms with Gasteiger partial charge in [-0.25, -0.2) is 0 Å². The molecule has 79 heavy (non-hydrogen) atoms. The fourth-order valence-electron chi connectivity index (χ4n) is 8.53. The number of carbonyl (C=O) groups excluding carboxylic acids is 3. The van der Waals surface area contributed by atoms with Gasteiger partial charge in [-0.15, -0.1) is 0 Å². The van der Waals surface area contributed by atoms with Crippen molar-refractivity contribution in [3.8, 4) is 0 Å². The Balaban J connectivity index is 4.43. The predicted octanol–water partition coefficient (Wildman–Crippen LogP) is 22.3. The summed E-state index contributed by atoms with van der Waals surface area (Å²) in [7, 11) is 0. The van der Waals surface area contributed by atoms with Gasteiger partial charge in [0.1, 0.15) is 13.2 Å². The Bertz CT molecular complexity index is 1730. The predicted molar refractivity (Wildman–Crippen MR) is 343 cm³/mol. The van der Waals surface area contributed by atoms with E-state index in [1.807, 2.05) is 0 Å². The average molecular weight is 1090 g/mol. The third-order valence-corrected chi connectivity index (χ3v) is 13.3. The van der Waals surface area contributed by atoms with E-state index in [4.69, 9.17) is 14.2 Å². The third-order valence-electron chi connectivity index (χ3n) is 13.3. The van der Waals surface area contributed by atoms with Crippen LogP contribution in [0, 0.1) is 0 Å². The summed E-state index contributed by atoms with van der Waals surface area (Å²) in [5, 5.41) is 0. The lowest BCUT2D eigenvalue weighted by Crippen LogP contribution is -2.30. The molecule has 0 heterocycles. The van der Waals surface area contributed by atoms with E-state index in [9.17, 15) is 14.4 Å². The van der Waals surface area contributed by atoms with Gasteiger partial charge in [-0.3, -0.25) is 14.4 Å². The first kappa shape index (κ1) is 74.3. The van der Waals surface area contributed by atoms with Crippen LogP contribution < -0.4 is 0 Å². The lowest BCUT2D eigenvalue weighted by Gasteiger charge is -2.18. The van der Waals surface area contributed by atoms with Crippen LogP contribution >= 0.6 is 0 Å². The Morgan fingerprint density at radius 2 is 0.494 bits per heavy atom. The number of allylic oxidation sites excluding steroid dienone is 24. The van der Waals surface area contributed by atoms with Gasteiger partial charge in [-0.05, 0) is 141 Å². The normalized spacial score (nSPS) is 13.1. The quantitative estimate of drug-likeness (QED) is 0.0261. The van der Waals surface area contributed by atoms with Gasteiger partial charge < -0.3 is 14.2 Å². The first-order valence-electron chi connectivity index (χ1n) is 32.3. The van der Waals surface area contributed by atoms with Crippen molar-refractivity contribution in [1.82, 2.24) is 0 Å². The van der Waals surface area contributed by atoms with Crippen LogP contribution in [0.5, 0.6) is 0 Å². The van der Waals surface area contributed by atoms with Crippen LogP contribution in [0.4, 0.5) is 0 Å². The van der Waals surface area contributed by atoms with Gasteiger partial charge in [-0.2, -0.15) is 0 Å². The fourth-order valence-corrected chi connectivity index (χ4v) is 8.53. The van der Waals surface area contributed by atoms with E-state index >= 15 is 0 Å². The van der Waals surface area contributed by atoms with Crippen LogP contribution in [0.15, 0.2) is 146 Å². The highest BCUT2D eigenvalue weighted by Gasteiger charge is 2.19. The van der Waals surface area contributed by atoms with Crippen molar-refractivity contribution >= 4 is 17.9 Å². The van der Waals surface area contributed by atoms with Gasteiger partial charge in [0.25, 0.3) is 0 Å². The molecule has 0 aliphatic carbocycles. The number of ether oxygens (including phenoxy) is 3. The molecule has 0 aliphatic heterocycles. The van der Waals surface area contributed by atoms with Crippen LogP contribution in [-0.2, 0) is 28.6 Å². The largest absolute Gasteiger partial charge is 0.462 e. The summed E-state index contributed by atoms with van der Waals surface area (Å²) in [6, 6.07) is 0. The second kappa shape index (κ2) is 65.8. The maximum Gasteiger partial charge on any atom is 0.306 e. The topological polar surface area (TPSA) is 78.9 Å². The van der Waals surface area contributed by atoms with Crippen molar-refractivity contribution in [3.05, 3.63) is 146 Å². The molecule has 0 aliphatic rings. The Morgan fingerprint density at radius 1 is 0.266 bits per heavy atom. The van der Waals surface area contributed by atoms with Crippen molar-refractivity contribution < 1.29 is 28.6 Å². The third kappa shape index (κ3) is 64.0. The molecule has 0 saturated carbocycles. The minimum absolute atomic E-state index is 0.101. The number of carbonyl (C=O) groups is 3. The van der Waals surface area contributed by atoms with E-state index in [1.165, 1.54) is 77.0 Å². The highest BCUT2D eigenvalue weighted by molar-refractivity contribution is 5.71. The highest BCUT2D eigenvalue weighted by Crippen LogP contribution is 2.14. The Morgan fingerprint density at radius 3 is 0.785 bits per heavy atom. The average Bonchev–Trinajstić information content (AvgIpc) is 3.45. The van der Waals surface area contributed by atoms with Crippen LogP contribution in [0.25, 0.3) is 0 Å². The number of hydrogen-bond acceptors (Lipinski definition) is 6. The van der Waals surface area contributed by atoms with Crippen molar-refractivity contribution in [2.45, 2.75) is 284 Å². The molecule has 1 atom stereocenters. The maximum atomic E-state index is 12.9. The van der Waals surface area contributed by atoms with Crippen molar-refractivity contribution in [3.63, 3.8) is 0 Å². The lowest BCUT2D eigenvalue weighted by molar-refractivity contribution is -0.167. The molecular formula is C73H118O6. The van der Waals surface area contributed by atoms with E-state index in [2.05, 4.69) is 167 Å². The molecule has 0 N–H and O–H groups in total. The monoisotopic (exact) mass is 1090 g/mol. The molecule has 0 aromatic carbocycles. The Kier molecular flexibility index (Phi) is 61.9. The molecule has 6 nitrogen and oxygen atoms in total. The molecule has 6 heteroatoms. The molecule has 0 aromatic heterocycles. The molecular weight excluding hydrogens is 973 g/mol. The van der Waals surface area contributed by atoms with Crippen molar-refractivity contribution in [2.24, 2.45) is 0 Å². The molecule has 0 saturated heterocycles. The van der Waals surface area contributed by atoms with Crippen LogP contribution in [0.1, 0.15) is 278 Å². The summed E-state index contributed by atoms with van der Waals surface area (Å²) in [6.45, 7) is 6.38. The zero-order chi connectivity index (χ0) is 57.1. The molecule has 0 spiro atoms. The first-order chi connectivity index (χ1) is 39.0. The molecule has 0 bridgehead atoms. The number of hydrogen-bond donors (Lipinski definition) is 0. The second-order valence-corrected chi connectivity index (χ2v) is 20.9. The molecule has 0 aromatic rings. The van der Waals surface area contributed by atoms with E-state index in [0.717, 1.165) is 161 Å². The SMILES string of the molecule is CC/C=C\C/C=C\C/C=C\C/C=C\C/C=C\C/C=C\C/C=C\C/C=C\CCCCCCC(=O)OCC(COC(=O)CCCCCCC/C=C\C/C=C\C/C=C\CC)OC(=O)CCCCCCCCC/C=C\CCCCCCCC. The van der Waals surface area contributed by atoms with Crippen LogP contribution in [0.3, 0.4) is 0 Å². The summed E-state index contributed by atoms with van der Waals surface area (Å²) < 4.78 is 16.9. The highest BCUT2D eigenvalue weighted by atomic mass is 16.6. The minimum atomic E-state index is -0.806. The summed E-state index contributed by atoms with van der Waals surface area (Å²) in [4.78, 5) is 38.3. The summed E-state index contributed by atoms with van der Waals surface area (Å²) >= 11 is 0. The maximum absolute atomic E-state index is 12.9. The number of unbranched alkanes of at least 4 members (excludes halogenated alkanes) is 22. The van der Waals surface area contributed by atoms with Gasteiger partial charge >= 0.3 is 17.9 Å². The minimum Gasteiger partial charge on any atom is -0.462 e. The van der Waals surface area contributed by atoms with Gasteiger partial charge in [-0.1, -0.05) is 263 Å². The van der Waals surface area contributed by atoms with Crippen LogP contribution in [-0.4, -0.2) is 37.2 Å². The first-order valence-corrected chi connectivity index (χ1v) is 32.3. The second-order valence-electron chi connectivity index (χ2n) is 20.9. The molecule has 0 fully saturated rings. The smallest absolute Gasteiger partial charge is 0.306 e. The molecule has 1 unspecified atom stereocenters. The zero-order valence-electron chi connectivity index (χ0n) is 51.1. The zero-order valence-corrected chi connectivity index (χ0v) is 51.1. The van der Waals surface area contributed by atoms with Gasteiger partial charge in [0, 0.05) is 19.3 Å². The number of esters is 3. The van der Waals surface area contributed by atoms with Crippen molar-refractivity contribution in [2.75, 3.05) is 13.2 Å². The fraction of sp³-hybridized carbons (Fsp3) is 0.630. The molecule has 0 rings (SSSR count).